The molecule has 5 nitrogen and oxygen atoms in total. The van der Waals surface area contributed by atoms with Gasteiger partial charge in [-0.15, -0.1) is 0 Å². The Morgan fingerprint density at radius 1 is 1.36 bits per heavy atom. The molecule has 0 bridgehead atoms. The van der Waals surface area contributed by atoms with E-state index in [2.05, 4.69) is 15.6 Å². The summed E-state index contributed by atoms with van der Waals surface area (Å²) < 4.78 is 5.71. The first-order chi connectivity index (χ1) is 10.7. The van der Waals surface area contributed by atoms with Gasteiger partial charge in [0.25, 0.3) is 0 Å². The topological polar surface area (TPSA) is 63.2 Å². The van der Waals surface area contributed by atoms with Gasteiger partial charge in [0.1, 0.15) is 11.9 Å². The van der Waals surface area contributed by atoms with E-state index in [1.54, 1.807) is 12.4 Å². The first-order valence-electron chi connectivity index (χ1n) is 7.40. The van der Waals surface area contributed by atoms with Crippen molar-refractivity contribution in [3.05, 3.63) is 53.9 Å². The van der Waals surface area contributed by atoms with E-state index in [1.807, 2.05) is 37.3 Å². The summed E-state index contributed by atoms with van der Waals surface area (Å²) in [6.07, 6.45) is 3.64. The number of rotatable bonds is 5. The Morgan fingerprint density at radius 2 is 2.18 bits per heavy atom. The van der Waals surface area contributed by atoms with Crippen molar-refractivity contribution in [2.24, 2.45) is 0 Å². The summed E-state index contributed by atoms with van der Waals surface area (Å²) in [7, 11) is 0. The quantitative estimate of drug-likeness (QED) is 0.829. The van der Waals surface area contributed by atoms with Crippen LogP contribution in [0, 0.1) is 0 Å². The molecular formula is C17H19N3O2. The highest BCUT2D eigenvalue weighted by atomic mass is 16.5. The smallest absolute Gasteiger partial charge is 0.176 e. The van der Waals surface area contributed by atoms with Crippen LogP contribution in [0.15, 0.2) is 42.7 Å². The molecule has 2 aromatic rings. The Hall–Kier alpha value is -2.40. The normalized spacial score (nSPS) is 16.3. The molecule has 2 N–H and O–H groups in total. The fraction of sp³-hybridized carbons (Fsp3) is 0.294. The molecule has 1 aliphatic heterocycles. The number of carbonyl (C=O) groups is 1. The number of nitrogens with zero attached hydrogens (tertiary/aromatic N) is 1. The van der Waals surface area contributed by atoms with Crippen molar-refractivity contribution >= 4 is 11.5 Å². The molecule has 0 spiro atoms. The van der Waals surface area contributed by atoms with Gasteiger partial charge in [-0.3, -0.25) is 9.78 Å². The van der Waals surface area contributed by atoms with Gasteiger partial charge in [-0.2, -0.15) is 0 Å². The number of carbonyl (C=O) groups excluding carboxylic acids is 1. The highest BCUT2D eigenvalue weighted by molar-refractivity contribution is 5.98. The van der Waals surface area contributed by atoms with Crippen LogP contribution in [-0.2, 0) is 6.54 Å². The minimum absolute atomic E-state index is 0.0669. The van der Waals surface area contributed by atoms with Gasteiger partial charge in [0.15, 0.2) is 5.78 Å². The van der Waals surface area contributed by atoms with Gasteiger partial charge in [0, 0.05) is 24.5 Å². The van der Waals surface area contributed by atoms with Crippen LogP contribution >= 0.6 is 0 Å². The summed E-state index contributed by atoms with van der Waals surface area (Å²) in [5.74, 6) is 0.873. The zero-order chi connectivity index (χ0) is 15.4. The molecule has 5 heteroatoms. The molecule has 1 aromatic heterocycles. The Bertz CT molecular complexity index is 658. The largest absolute Gasteiger partial charge is 0.487 e. The maximum absolute atomic E-state index is 12.2. The Balaban J connectivity index is 1.58. The number of aromatic nitrogens is 1. The van der Waals surface area contributed by atoms with Crippen LogP contribution in [0.3, 0.4) is 0 Å². The molecule has 1 atom stereocenters. The summed E-state index contributed by atoms with van der Waals surface area (Å²) in [5, 5.41) is 6.44. The maximum atomic E-state index is 12.2. The number of hydrogen-bond acceptors (Lipinski definition) is 5. The number of ketones is 1. The lowest BCUT2D eigenvalue weighted by molar-refractivity contribution is 0.0990. The van der Waals surface area contributed by atoms with E-state index in [0.717, 1.165) is 23.5 Å². The van der Waals surface area contributed by atoms with Crippen molar-refractivity contribution in [3.8, 4) is 5.75 Å². The Morgan fingerprint density at radius 3 is 3.00 bits per heavy atom. The SMILES string of the molecule is CC1CNc2cc(C(=O)CNCc3ccncc3)ccc2O1. The third kappa shape index (κ3) is 3.43. The van der Waals surface area contributed by atoms with E-state index in [1.165, 1.54) is 0 Å². The van der Waals surface area contributed by atoms with Crippen LogP contribution < -0.4 is 15.4 Å². The van der Waals surface area contributed by atoms with E-state index in [-0.39, 0.29) is 11.9 Å². The summed E-state index contributed by atoms with van der Waals surface area (Å²) >= 11 is 0. The van der Waals surface area contributed by atoms with Gasteiger partial charge < -0.3 is 15.4 Å². The van der Waals surface area contributed by atoms with Gasteiger partial charge in [-0.1, -0.05) is 0 Å². The number of benzene rings is 1. The van der Waals surface area contributed by atoms with Crippen LogP contribution in [0.1, 0.15) is 22.8 Å². The van der Waals surface area contributed by atoms with E-state index in [9.17, 15) is 4.79 Å². The lowest BCUT2D eigenvalue weighted by atomic mass is 10.1. The molecule has 0 radical (unpaired) electrons. The number of Topliss-reactive ketones (excluding diaryl/α,β-unsaturated/α-hetero) is 1. The third-order valence-electron chi connectivity index (χ3n) is 3.57. The summed E-state index contributed by atoms with van der Waals surface area (Å²) in [5.41, 5.74) is 2.68. The monoisotopic (exact) mass is 297 g/mol. The van der Waals surface area contributed by atoms with Crippen LogP contribution in [0.2, 0.25) is 0 Å². The average Bonchev–Trinajstić information content (AvgIpc) is 2.55. The molecule has 2 heterocycles. The molecule has 0 saturated heterocycles. The van der Waals surface area contributed by atoms with E-state index < -0.39 is 0 Å². The molecule has 0 amide bonds. The van der Waals surface area contributed by atoms with Crippen molar-refractivity contribution in [2.75, 3.05) is 18.4 Å². The maximum Gasteiger partial charge on any atom is 0.176 e. The lowest BCUT2D eigenvalue weighted by Gasteiger charge is -2.25. The highest BCUT2D eigenvalue weighted by Gasteiger charge is 2.17. The number of ether oxygens (including phenoxy) is 1. The first-order valence-corrected chi connectivity index (χ1v) is 7.40. The summed E-state index contributed by atoms with van der Waals surface area (Å²) in [4.78, 5) is 16.2. The van der Waals surface area contributed by atoms with Crippen molar-refractivity contribution in [1.29, 1.82) is 0 Å². The van der Waals surface area contributed by atoms with E-state index >= 15 is 0 Å². The van der Waals surface area contributed by atoms with Gasteiger partial charge >= 0.3 is 0 Å². The third-order valence-corrected chi connectivity index (χ3v) is 3.57. The zero-order valence-corrected chi connectivity index (χ0v) is 12.5. The number of nitrogens with one attached hydrogen (secondary N) is 2. The highest BCUT2D eigenvalue weighted by Crippen LogP contribution is 2.29. The molecular weight excluding hydrogens is 278 g/mol. The number of pyridine rings is 1. The van der Waals surface area contributed by atoms with Gasteiger partial charge in [-0.05, 0) is 42.8 Å². The van der Waals surface area contributed by atoms with Crippen LogP contribution in [0.25, 0.3) is 0 Å². The lowest BCUT2D eigenvalue weighted by Crippen LogP contribution is -2.28. The predicted molar refractivity (Wildman–Crippen MR) is 85.3 cm³/mol. The minimum Gasteiger partial charge on any atom is -0.487 e. The standard InChI is InChI=1S/C17H19N3O2/c1-12-9-20-15-8-14(2-3-17(15)22-12)16(21)11-19-10-13-4-6-18-7-5-13/h2-8,12,19-20H,9-11H2,1H3. The van der Waals surface area contributed by atoms with Gasteiger partial charge in [-0.25, -0.2) is 0 Å². The van der Waals surface area contributed by atoms with E-state index in [0.29, 0.717) is 18.7 Å². The second-order valence-corrected chi connectivity index (χ2v) is 5.40. The van der Waals surface area contributed by atoms with Crippen LogP contribution in [0.5, 0.6) is 5.75 Å². The second kappa shape index (κ2) is 6.58. The number of fused-ring (bicyclic) bond motifs is 1. The molecule has 1 aromatic carbocycles. The minimum atomic E-state index is 0.0669. The molecule has 22 heavy (non-hydrogen) atoms. The van der Waals surface area contributed by atoms with Gasteiger partial charge in [0.2, 0.25) is 0 Å². The van der Waals surface area contributed by atoms with Crippen molar-refractivity contribution < 1.29 is 9.53 Å². The Kier molecular flexibility index (Phi) is 4.34. The van der Waals surface area contributed by atoms with Crippen molar-refractivity contribution in [1.82, 2.24) is 10.3 Å². The number of anilines is 1. The molecule has 3 rings (SSSR count). The van der Waals surface area contributed by atoms with E-state index in [4.69, 9.17) is 4.74 Å². The second-order valence-electron chi connectivity index (χ2n) is 5.40. The van der Waals surface area contributed by atoms with Crippen molar-refractivity contribution in [2.45, 2.75) is 19.6 Å². The first kappa shape index (κ1) is 14.5. The molecule has 1 aliphatic rings. The molecule has 0 fully saturated rings. The summed E-state index contributed by atoms with van der Waals surface area (Å²) in [6.45, 7) is 3.72. The zero-order valence-electron chi connectivity index (χ0n) is 12.5. The van der Waals surface area contributed by atoms with Crippen molar-refractivity contribution in [3.63, 3.8) is 0 Å². The molecule has 0 saturated carbocycles. The van der Waals surface area contributed by atoms with Crippen LogP contribution in [0.4, 0.5) is 5.69 Å². The van der Waals surface area contributed by atoms with Crippen LogP contribution in [-0.4, -0.2) is 30.0 Å². The van der Waals surface area contributed by atoms with Gasteiger partial charge in [0.05, 0.1) is 18.8 Å². The average molecular weight is 297 g/mol. The number of hydrogen-bond donors (Lipinski definition) is 2. The predicted octanol–water partition coefficient (Wildman–Crippen LogP) is 2.25. The Labute approximate surface area is 129 Å². The fourth-order valence-electron chi connectivity index (χ4n) is 2.38. The fourth-order valence-corrected chi connectivity index (χ4v) is 2.38. The molecule has 1 unspecified atom stereocenters. The summed E-state index contributed by atoms with van der Waals surface area (Å²) in [6, 6.07) is 9.39. The molecule has 114 valence electrons. The molecule has 0 aliphatic carbocycles.